The zero-order valence-corrected chi connectivity index (χ0v) is 42.9. The van der Waals surface area contributed by atoms with Crippen LogP contribution in [-0.4, -0.2) is 20.8 Å². The van der Waals surface area contributed by atoms with Crippen molar-refractivity contribution in [1.29, 1.82) is 0 Å². The summed E-state index contributed by atoms with van der Waals surface area (Å²) >= 11 is 0. The van der Waals surface area contributed by atoms with Gasteiger partial charge in [-0.3, -0.25) is 0 Å². The summed E-state index contributed by atoms with van der Waals surface area (Å²) in [5.41, 5.74) is 19.7. The summed E-state index contributed by atoms with van der Waals surface area (Å²) in [6, 6.07) is 82.1. The number of rotatable bonds is 3. The number of para-hydroxylation sites is 6. The van der Waals surface area contributed by atoms with E-state index in [1.807, 2.05) is 30.3 Å². The molecule has 12 aromatic carbocycles. The van der Waals surface area contributed by atoms with Crippen LogP contribution in [-0.2, 0) is 0 Å². The van der Waals surface area contributed by atoms with Crippen molar-refractivity contribution in [3.05, 3.63) is 231 Å². The fourth-order valence-electron chi connectivity index (χ4n) is 14.4. The normalized spacial score (nSPS) is 13.1. The van der Waals surface area contributed by atoms with Gasteiger partial charge in [0.25, 0.3) is 0 Å². The monoisotopic (exact) mass is 1040 g/mol. The molecule has 9 heteroatoms. The number of hydrogen-bond acceptors (Lipinski definition) is 5. The lowest BCUT2D eigenvalue weighted by Gasteiger charge is -2.33. The van der Waals surface area contributed by atoms with E-state index in [0.29, 0.717) is 0 Å². The van der Waals surface area contributed by atoms with Crippen molar-refractivity contribution >= 4 is 144 Å². The molecule has 0 atom stereocenters. The van der Waals surface area contributed by atoms with E-state index in [2.05, 4.69) is 214 Å². The summed E-state index contributed by atoms with van der Waals surface area (Å²) in [4.78, 5) is 0. The number of furan rings is 3. The van der Waals surface area contributed by atoms with Crippen LogP contribution in [0.4, 0.5) is 0 Å². The SMILES string of the molecule is c1ccc2c(c1)oc1ccc3c4ccccc4n(-c4ccc5c(c4)OB4Oc6cc(-n7c8ccccc8c8ccc9oc%10ccccc%10c9c87)ccc6-c6cc(-n7c8ccccc8c8ccc9oc%10ccccc%10c9c87)cc-5c64)c3c12. The summed E-state index contributed by atoms with van der Waals surface area (Å²) in [6.07, 6.45) is 0. The number of fused-ring (bicyclic) bond motifs is 25. The van der Waals surface area contributed by atoms with Crippen molar-refractivity contribution < 1.29 is 22.6 Å². The Balaban J connectivity index is 0.863. The smallest absolute Gasteiger partial charge is 0.521 e. The minimum Gasteiger partial charge on any atom is -0.521 e. The lowest BCUT2D eigenvalue weighted by atomic mass is 9.66. The van der Waals surface area contributed by atoms with Gasteiger partial charge in [-0.25, -0.2) is 0 Å². The van der Waals surface area contributed by atoms with E-state index < -0.39 is 7.12 Å². The Hall–Kier alpha value is -10.9. The second-order valence-corrected chi connectivity index (χ2v) is 21.7. The van der Waals surface area contributed by atoms with Gasteiger partial charge in [0.1, 0.15) is 45.0 Å². The van der Waals surface area contributed by atoms with Gasteiger partial charge in [0.15, 0.2) is 0 Å². The first-order chi connectivity index (χ1) is 40.2. The van der Waals surface area contributed by atoms with Crippen molar-refractivity contribution in [2.45, 2.75) is 0 Å². The number of benzene rings is 12. The molecule has 0 amide bonds. The molecule has 2 aliphatic rings. The molecule has 0 fully saturated rings. The molecule has 6 aromatic heterocycles. The lowest BCUT2D eigenvalue weighted by molar-refractivity contribution is 0.436. The van der Waals surface area contributed by atoms with E-state index in [1.165, 1.54) is 5.39 Å². The van der Waals surface area contributed by atoms with Gasteiger partial charge in [0.2, 0.25) is 0 Å². The third kappa shape index (κ3) is 5.40. The second-order valence-electron chi connectivity index (χ2n) is 21.7. The highest BCUT2D eigenvalue weighted by Gasteiger charge is 2.43. The average molecular weight is 1040 g/mol. The van der Waals surface area contributed by atoms with Crippen LogP contribution in [0.15, 0.2) is 244 Å². The summed E-state index contributed by atoms with van der Waals surface area (Å²) in [6.45, 7) is 0. The van der Waals surface area contributed by atoms with Crippen molar-refractivity contribution in [1.82, 2.24) is 13.7 Å². The van der Waals surface area contributed by atoms with Crippen LogP contribution in [0.25, 0.3) is 171 Å². The second kappa shape index (κ2) is 15.0. The molecule has 0 radical (unpaired) electrons. The van der Waals surface area contributed by atoms with Crippen molar-refractivity contribution in [2.75, 3.05) is 0 Å². The third-order valence-corrected chi connectivity index (χ3v) is 17.7. The van der Waals surface area contributed by atoms with Crippen LogP contribution < -0.4 is 14.8 Å². The standard InChI is InChI=1S/C72H38BN3O5/c1-7-19-55-42(13-1)47-29-32-61-66(50-16-4-10-22-58(50)77-61)70(47)74(55)39-25-27-45-53-35-41(76-57-21-9-3-15-44(57)49-31-34-63-68(72(49)76)52-18-6-12-24-60(52)79-63)36-54-46-28-26-40(38-65(46)81-73(69(53)54)80-64(45)37-39)75-56-20-8-2-14-43(56)48-30-33-62-67(71(48)75)51-17-5-11-23-59(51)78-62/h1-38H. The molecular formula is C72H38BN3O5. The molecule has 8 nitrogen and oxygen atoms in total. The molecule has 0 unspecified atom stereocenters. The Bertz CT molecular complexity index is 5620. The quantitative estimate of drug-likeness (QED) is 0.165. The molecule has 0 N–H and O–H groups in total. The highest BCUT2D eigenvalue weighted by Crippen LogP contribution is 2.50. The first-order valence-electron chi connectivity index (χ1n) is 27.5. The molecule has 8 heterocycles. The molecule has 18 aromatic rings. The van der Waals surface area contributed by atoms with Gasteiger partial charge in [-0.05, 0) is 120 Å². The number of nitrogens with zero attached hydrogens (tertiary/aromatic N) is 3. The summed E-state index contributed by atoms with van der Waals surface area (Å²) in [7, 11) is -0.775. The van der Waals surface area contributed by atoms with Crippen LogP contribution in [0.3, 0.4) is 0 Å². The van der Waals surface area contributed by atoms with Crippen LogP contribution in [0.5, 0.6) is 11.5 Å². The van der Waals surface area contributed by atoms with Crippen LogP contribution in [0.2, 0.25) is 0 Å². The van der Waals surface area contributed by atoms with E-state index in [0.717, 1.165) is 182 Å². The predicted octanol–water partition coefficient (Wildman–Crippen LogP) is 18.5. The fourth-order valence-corrected chi connectivity index (χ4v) is 14.4. The minimum absolute atomic E-state index is 0.727. The maximum atomic E-state index is 7.34. The largest absolute Gasteiger partial charge is 0.633 e. The molecule has 0 bridgehead atoms. The van der Waals surface area contributed by atoms with E-state index in [4.69, 9.17) is 22.6 Å². The highest BCUT2D eigenvalue weighted by molar-refractivity contribution is 6.68. The van der Waals surface area contributed by atoms with Gasteiger partial charge in [-0.15, -0.1) is 0 Å². The van der Waals surface area contributed by atoms with Crippen molar-refractivity contribution in [3.8, 4) is 50.8 Å². The van der Waals surface area contributed by atoms with Gasteiger partial charge in [0, 0.05) is 94.3 Å². The van der Waals surface area contributed by atoms with E-state index in [9.17, 15) is 0 Å². The van der Waals surface area contributed by atoms with Gasteiger partial charge in [-0.2, -0.15) is 0 Å². The van der Waals surface area contributed by atoms with E-state index in [1.54, 1.807) is 0 Å². The summed E-state index contributed by atoms with van der Waals surface area (Å²) in [5.74, 6) is 1.45. The van der Waals surface area contributed by atoms with Crippen LogP contribution in [0.1, 0.15) is 0 Å². The Morgan fingerprint density at radius 2 is 0.605 bits per heavy atom. The predicted molar refractivity (Wildman–Crippen MR) is 329 cm³/mol. The van der Waals surface area contributed by atoms with Crippen LogP contribution >= 0.6 is 0 Å². The number of aromatic nitrogens is 3. The maximum Gasteiger partial charge on any atom is 0.633 e. The summed E-state index contributed by atoms with van der Waals surface area (Å²) < 4.78 is 41.6. The van der Waals surface area contributed by atoms with Crippen molar-refractivity contribution in [2.24, 2.45) is 0 Å². The Kier molecular flexibility index (Phi) is 7.82. The van der Waals surface area contributed by atoms with E-state index >= 15 is 0 Å². The molecule has 374 valence electrons. The molecule has 0 saturated carbocycles. The zero-order valence-electron chi connectivity index (χ0n) is 42.9. The zero-order chi connectivity index (χ0) is 52.3. The van der Waals surface area contributed by atoms with Crippen LogP contribution in [0, 0.1) is 0 Å². The van der Waals surface area contributed by atoms with E-state index in [-0.39, 0.29) is 0 Å². The highest BCUT2D eigenvalue weighted by atomic mass is 16.6. The molecule has 20 rings (SSSR count). The molecule has 0 spiro atoms. The lowest BCUT2D eigenvalue weighted by Crippen LogP contribution is -2.49. The fraction of sp³-hybridized carbons (Fsp3) is 0. The van der Waals surface area contributed by atoms with Crippen molar-refractivity contribution in [3.63, 3.8) is 0 Å². The topological polar surface area (TPSA) is 72.7 Å². The number of hydrogen-bond donors (Lipinski definition) is 0. The first kappa shape index (κ1) is 42.2. The molecule has 0 saturated heterocycles. The molecule has 2 aliphatic heterocycles. The van der Waals surface area contributed by atoms with Gasteiger partial charge in [0.05, 0.1) is 49.3 Å². The molecular weight excluding hydrogens is 998 g/mol. The minimum atomic E-state index is -0.775. The molecule has 0 aliphatic carbocycles. The third-order valence-electron chi connectivity index (χ3n) is 17.7. The Morgan fingerprint density at radius 1 is 0.259 bits per heavy atom. The Morgan fingerprint density at radius 3 is 1.00 bits per heavy atom. The average Bonchev–Trinajstić information content (AvgIpc) is 3.85. The van der Waals surface area contributed by atoms with Gasteiger partial charge < -0.3 is 36.3 Å². The Labute approximate surface area is 459 Å². The summed E-state index contributed by atoms with van der Waals surface area (Å²) in [5, 5.41) is 13.4. The maximum absolute atomic E-state index is 7.34. The van der Waals surface area contributed by atoms with Gasteiger partial charge >= 0.3 is 7.12 Å². The first-order valence-corrected chi connectivity index (χ1v) is 27.5. The van der Waals surface area contributed by atoms with Gasteiger partial charge in [-0.1, -0.05) is 109 Å². The molecule has 81 heavy (non-hydrogen) atoms.